The van der Waals surface area contributed by atoms with E-state index in [-0.39, 0.29) is 11.3 Å². The van der Waals surface area contributed by atoms with Gasteiger partial charge in [0, 0.05) is 37.2 Å². The number of nitrogen functional groups attached to an aromatic ring is 1. The summed E-state index contributed by atoms with van der Waals surface area (Å²) in [5.41, 5.74) is 6.45. The molecule has 0 radical (unpaired) electrons. The Morgan fingerprint density at radius 3 is 2.88 bits per heavy atom. The first-order chi connectivity index (χ1) is 12.6. The van der Waals surface area contributed by atoms with Crippen molar-refractivity contribution in [2.24, 2.45) is 0 Å². The van der Waals surface area contributed by atoms with Crippen LogP contribution in [0.1, 0.15) is 19.8 Å². The fourth-order valence-corrected chi connectivity index (χ4v) is 4.03. The number of hydrogen-bond acceptors (Lipinski definition) is 7. The van der Waals surface area contributed by atoms with Gasteiger partial charge in [0.1, 0.15) is 16.9 Å². The maximum atomic E-state index is 12.3. The molecule has 0 aromatic carbocycles. The van der Waals surface area contributed by atoms with Crippen molar-refractivity contribution in [3.05, 3.63) is 24.4 Å². The van der Waals surface area contributed by atoms with Gasteiger partial charge in [0.25, 0.3) is 0 Å². The van der Waals surface area contributed by atoms with Crippen LogP contribution < -0.4 is 15.4 Å². The zero-order valence-electron chi connectivity index (χ0n) is 14.6. The van der Waals surface area contributed by atoms with Gasteiger partial charge in [-0.15, -0.1) is 0 Å². The monoisotopic (exact) mass is 375 g/mol. The molecule has 1 unspecified atom stereocenters. The minimum Gasteiger partial charge on any atom is -0.384 e. The molecule has 9 heteroatoms. The van der Waals surface area contributed by atoms with E-state index in [9.17, 15) is 4.21 Å². The molecule has 2 atom stereocenters. The molecule has 26 heavy (non-hydrogen) atoms. The Hall–Kier alpha value is -2.26. The van der Waals surface area contributed by atoms with E-state index < -0.39 is 11.0 Å². The standard InChI is InChI=1S/C17H22N6O2S/c1-11-10-25-7-6-23(11)16-8-15(22-26(24)13-3-4-13)20-17(21-16)12-2-5-14(18)19-9-12/h2,5,8-9,11,13H,3-4,6-7,10H2,1H3,(H2,18,19)(H,20,21,22,24)/p+1/t11-,26?/m1/s1. The minimum atomic E-state index is -1.50. The number of nitrogens with one attached hydrogen (secondary N) is 1. The largest absolute Gasteiger partial charge is 0.384 e. The molecule has 3 heterocycles. The number of nitrogens with two attached hydrogens (primary N) is 1. The van der Waals surface area contributed by atoms with E-state index in [0.29, 0.717) is 30.7 Å². The molecule has 1 aliphatic heterocycles. The molecule has 0 spiro atoms. The van der Waals surface area contributed by atoms with Gasteiger partial charge in [-0.25, -0.2) is 15.0 Å². The molecule has 3 N–H and O–H groups in total. The highest BCUT2D eigenvalue weighted by atomic mass is 32.2. The van der Waals surface area contributed by atoms with Crippen molar-refractivity contribution in [2.75, 3.05) is 35.1 Å². The first-order valence-electron chi connectivity index (χ1n) is 8.78. The molecule has 2 aromatic rings. The molecule has 2 aliphatic rings. The van der Waals surface area contributed by atoms with Gasteiger partial charge in [-0.2, -0.15) is 4.72 Å². The van der Waals surface area contributed by atoms with E-state index in [4.69, 9.17) is 15.5 Å². The number of thiol groups is 1. The van der Waals surface area contributed by atoms with Gasteiger partial charge < -0.3 is 15.4 Å². The lowest BCUT2D eigenvalue weighted by molar-refractivity contribution is 0.0985. The van der Waals surface area contributed by atoms with Crippen molar-refractivity contribution in [3.63, 3.8) is 0 Å². The van der Waals surface area contributed by atoms with Crippen LogP contribution in [0, 0.1) is 0 Å². The van der Waals surface area contributed by atoms with Crippen LogP contribution >= 0.6 is 0 Å². The van der Waals surface area contributed by atoms with E-state index in [1.165, 1.54) is 0 Å². The van der Waals surface area contributed by atoms with Crippen LogP contribution in [0.25, 0.3) is 11.4 Å². The number of ether oxygens (including phenoxy) is 1. The Morgan fingerprint density at radius 2 is 2.19 bits per heavy atom. The molecule has 2 fully saturated rings. The number of anilines is 3. The summed E-state index contributed by atoms with van der Waals surface area (Å²) in [6.07, 6.45) is 3.67. The van der Waals surface area contributed by atoms with Crippen molar-refractivity contribution in [1.29, 1.82) is 0 Å². The van der Waals surface area contributed by atoms with E-state index in [1.807, 2.05) is 12.1 Å². The number of hydrogen-bond donors (Lipinski definition) is 2. The summed E-state index contributed by atoms with van der Waals surface area (Å²) in [4.78, 5) is 15.6. The smallest absolute Gasteiger partial charge is 0.175 e. The summed E-state index contributed by atoms with van der Waals surface area (Å²) in [5.74, 6) is 2.36. The molecular formula is C17H23N6O2S+. The maximum Gasteiger partial charge on any atom is 0.175 e. The van der Waals surface area contributed by atoms with Crippen LogP contribution in [0.15, 0.2) is 24.4 Å². The summed E-state index contributed by atoms with van der Waals surface area (Å²) in [6, 6.07) is 5.64. The fraction of sp³-hybridized carbons (Fsp3) is 0.471. The molecule has 0 bridgehead atoms. The third-order valence-electron chi connectivity index (χ3n) is 4.52. The van der Waals surface area contributed by atoms with E-state index in [2.05, 4.69) is 26.5 Å². The number of nitrogens with zero attached hydrogens (tertiary/aromatic N) is 4. The molecular weight excluding hydrogens is 352 g/mol. The van der Waals surface area contributed by atoms with E-state index >= 15 is 0 Å². The van der Waals surface area contributed by atoms with Gasteiger partial charge in [0.15, 0.2) is 22.6 Å². The third-order valence-corrected chi connectivity index (χ3v) is 6.15. The lowest BCUT2D eigenvalue weighted by Crippen LogP contribution is -2.44. The van der Waals surface area contributed by atoms with Gasteiger partial charge in [0.05, 0.1) is 19.3 Å². The van der Waals surface area contributed by atoms with Gasteiger partial charge in [-0.3, -0.25) is 0 Å². The average molecular weight is 375 g/mol. The highest BCUT2D eigenvalue weighted by Gasteiger charge is 2.35. The average Bonchev–Trinajstić information content (AvgIpc) is 3.48. The molecule has 138 valence electrons. The van der Waals surface area contributed by atoms with Crippen molar-refractivity contribution < 1.29 is 8.95 Å². The quantitative estimate of drug-likeness (QED) is 0.603. The molecule has 2 aromatic heterocycles. The SMILES string of the molecule is C[C@@H]1COCCN1c1cc(N[SH+](=O)C2CC2)nc(-c2ccc(N)nc2)n1. The molecule has 1 aliphatic carbocycles. The molecule has 0 amide bonds. The minimum absolute atomic E-state index is 0.209. The summed E-state index contributed by atoms with van der Waals surface area (Å²) in [6.45, 7) is 4.17. The molecule has 8 nitrogen and oxygen atoms in total. The Labute approximate surface area is 154 Å². The van der Waals surface area contributed by atoms with Crippen LogP contribution in [0.4, 0.5) is 17.5 Å². The summed E-state index contributed by atoms with van der Waals surface area (Å²) >= 11 is 0. The second kappa shape index (κ2) is 7.16. The summed E-state index contributed by atoms with van der Waals surface area (Å²) in [5, 5.41) is 0.257. The Balaban J connectivity index is 1.70. The van der Waals surface area contributed by atoms with Crippen molar-refractivity contribution in [3.8, 4) is 11.4 Å². The van der Waals surface area contributed by atoms with Crippen LogP contribution in [0.5, 0.6) is 0 Å². The predicted molar refractivity (Wildman–Crippen MR) is 103 cm³/mol. The summed E-state index contributed by atoms with van der Waals surface area (Å²) < 4.78 is 20.9. The first-order valence-corrected chi connectivity index (χ1v) is 10.1. The van der Waals surface area contributed by atoms with Crippen LogP contribution in [-0.4, -0.2) is 46.0 Å². The van der Waals surface area contributed by atoms with Gasteiger partial charge in [0.2, 0.25) is 0 Å². The normalized spacial score (nSPS) is 21.4. The maximum absolute atomic E-state index is 12.3. The summed E-state index contributed by atoms with van der Waals surface area (Å²) in [7, 11) is -1.50. The highest BCUT2D eigenvalue weighted by Crippen LogP contribution is 2.29. The van der Waals surface area contributed by atoms with Gasteiger partial charge >= 0.3 is 0 Å². The number of rotatable bonds is 5. The molecule has 1 saturated carbocycles. The Morgan fingerprint density at radius 1 is 1.35 bits per heavy atom. The zero-order valence-corrected chi connectivity index (χ0v) is 15.5. The Bertz CT molecular complexity index is 811. The highest BCUT2D eigenvalue weighted by molar-refractivity contribution is 7.87. The second-order valence-corrected chi connectivity index (χ2v) is 8.30. The van der Waals surface area contributed by atoms with Gasteiger partial charge in [-0.05, 0) is 19.1 Å². The Kier molecular flexibility index (Phi) is 4.73. The molecule has 1 saturated heterocycles. The second-order valence-electron chi connectivity index (χ2n) is 6.69. The lowest BCUT2D eigenvalue weighted by atomic mass is 10.2. The number of pyridine rings is 1. The van der Waals surface area contributed by atoms with E-state index in [1.54, 1.807) is 12.3 Å². The lowest BCUT2D eigenvalue weighted by Gasteiger charge is -2.34. The van der Waals surface area contributed by atoms with Crippen LogP contribution in [0.3, 0.4) is 0 Å². The zero-order chi connectivity index (χ0) is 18.1. The van der Waals surface area contributed by atoms with E-state index in [0.717, 1.165) is 30.8 Å². The number of morpholine rings is 1. The van der Waals surface area contributed by atoms with Crippen molar-refractivity contribution >= 4 is 28.4 Å². The van der Waals surface area contributed by atoms with Crippen molar-refractivity contribution in [2.45, 2.75) is 31.1 Å². The third kappa shape index (κ3) is 3.78. The van der Waals surface area contributed by atoms with Crippen LogP contribution in [-0.2, 0) is 19.9 Å². The van der Waals surface area contributed by atoms with Gasteiger partial charge in [-0.1, -0.05) is 4.21 Å². The number of aromatic nitrogens is 3. The van der Waals surface area contributed by atoms with Crippen LogP contribution in [0.2, 0.25) is 0 Å². The topological polar surface area (TPSA) is 106 Å². The fourth-order valence-electron chi connectivity index (χ4n) is 2.89. The first kappa shape index (κ1) is 17.2. The van der Waals surface area contributed by atoms with Crippen molar-refractivity contribution in [1.82, 2.24) is 15.0 Å². The molecule has 4 rings (SSSR count). The predicted octanol–water partition coefficient (Wildman–Crippen LogP) is 1.53.